The van der Waals surface area contributed by atoms with E-state index in [4.69, 9.17) is 10.5 Å². The number of ether oxygens (including phenoxy) is 1. The first-order valence-corrected chi connectivity index (χ1v) is 8.23. The number of nitrogens with one attached hydrogen (secondary N) is 2. The first kappa shape index (κ1) is 15.5. The van der Waals surface area contributed by atoms with Crippen molar-refractivity contribution in [3.63, 3.8) is 0 Å². The Labute approximate surface area is 131 Å². The van der Waals surface area contributed by atoms with Gasteiger partial charge in [0.2, 0.25) is 0 Å². The maximum atomic E-state index is 5.64. The van der Waals surface area contributed by atoms with E-state index in [2.05, 4.69) is 34.6 Å². The third-order valence-corrected chi connectivity index (χ3v) is 4.55. The summed E-state index contributed by atoms with van der Waals surface area (Å²) in [5.74, 6) is 0.601. The van der Waals surface area contributed by atoms with Gasteiger partial charge in [0.1, 0.15) is 0 Å². The maximum Gasteiger partial charge on any atom is 0.0923 e. The monoisotopic (exact) mass is 302 g/mol. The second-order valence-corrected chi connectivity index (χ2v) is 6.36. The van der Waals surface area contributed by atoms with Gasteiger partial charge in [-0.2, -0.15) is 5.10 Å². The summed E-state index contributed by atoms with van der Waals surface area (Å²) in [5, 5.41) is 12.4. The van der Waals surface area contributed by atoms with Gasteiger partial charge in [0, 0.05) is 30.2 Å². The van der Waals surface area contributed by atoms with E-state index in [9.17, 15) is 0 Å². The predicted molar refractivity (Wildman–Crippen MR) is 88.8 cm³/mol. The Bertz CT molecular complexity index is 597. The highest BCUT2D eigenvalue weighted by Gasteiger charge is 2.24. The molecule has 2 heterocycles. The number of nitrogens with zero attached hydrogens (tertiary/aromatic N) is 1. The number of aromatic amines is 1. The summed E-state index contributed by atoms with van der Waals surface area (Å²) >= 11 is 0. The number of hydrogen-bond donors (Lipinski definition) is 3. The van der Waals surface area contributed by atoms with Crippen LogP contribution in [0.25, 0.3) is 10.9 Å². The van der Waals surface area contributed by atoms with E-state index in [0.717, 1.165) is 37.9 Å². The normalized spacial score (nSPS) is 23.2. The highest BCUT2D eigenvalue weighted by molar-refractivity contribution is 5.81. The quantitative estimate of drug-likeness (QED) is 0.729. The molecule has 0 saturated carbocycles. The molecule has 22 heavy (non-hydrogen) atoms. The first-order chi connectivity index (χ1) is 10.8. The molecule has 0 amide bonds. The molecule has 1 aliphatic rings. The van der Waals surface area contributed by atoms with Crippen molar-refractivity contribution in [3.8, 4) is 0 Å². The lowest BCUT2D eigenvalue weighted by molar-refractivity contribution is 0.112. The summed E-state index contributed by atoms with van der Waals surface area (Å²) in [4.78, 5) is 0. The Balaban J connectivity index is 1.43. The molecule has 3 atom stereocenters. The molecule has 3 unspecified atom stereocenters. The lowest BCUT2D eigenvalue weighted by Crippen LogP contribution is -2.32. The smallest absolute Gasteiger partial charge is 0.0923 e. The van der Waals surface area contributed by atoms with Crippen molar-refractivity contribution < 1.29 is 4.74 Å². The molecule has 3 rings (SSSR count). The minimum atomic E-state index is 0.262. The number of aromatic nitrogens is 2. The summed E-state index contributed by atoms with van der Waals surface area (Å²) in [5.41, 5.74) is 7.93. The summed E-state index contributed by atoms with van der Waals surface area (Å²) < 4.78 is 5.64. The fourth-order valence-corrected chi connectivity index (χ4v) is 3.12. The van der Waals surface area contributed by atoms with E-state index >= 15 is 0 Å². The average Bonchev–Trinajstić information content (AvgIpc) is 3.17. The number of benzene rings is 1. The van der Waals surface area contributed by atoms with Gasteiger partial charge in [-0.1, -0.05) is 18.2 Å². The fraction of sp³-hybridized carbons (Fsp3) is 0.588. The van der Waals surface area contributed by atoms with Crippen LogP contribution in [0.5, 0.6) is 0 Å². The summed E-state index contributed by atoms with van der Waals surface area (Å²) in [6.07, 6.45) is 3.46. The molecular weight excluding hydrogens is 276 g/mol. The number of rotatable bonds is 7. The summed E-state index contributed by atoms with van der Waals surface area (Å²) in [6.45, 7) is 4.74. The zero-order valence-corrected chi connectivity index (χ0v) is 13.2. The van der Waals surface area contributed by atoms with Crippen molar-refractivity contribution >= 4 is 10.9 Å². The molecule has 0 radical (unpaired) electrons. The Morgan fingerprint density at radius 3 is 3.14 bits per heavy atom. The van der Waals surface area contributed by atoms with Gasteiger partial charge in [0.15, 0.2) is 0 Å². The van der Waals surface area contributed by atoms with E-state index in [1.165, 1.54) is 11.1 Å². The van der Waals surface area contributed by atoms with Crippen molar-refractivity contribution in [3.05, 3.63) is 30.0 Å². The molecule has 1 saturated heterocycles. The third-order valence-electron chi connectivity index (χ3n) is 4.55. The van der Waals surface area contributed by atoms with Gasteiger partial charge in [-0.15, -0.1) is 0 Å². The van der Waals surface area contributed by atoms with E-state index in [1.54, 1.807) is 0 Å². The minimum absolute atomic E-state index is 0.262. The predicted octanol–water partition coefficient (Wildman–Crippen LogP) is 1.84. The van der Waals surface area contributed by atoms with Crippen molar-refractivity contribution in [2.45, 2.75) is 38.3 Å². The molecule has 1 aromatic heterocycles. The van der Waals surface area contributed by atoms with Gasteiger partial charge >= 0.3 is 0 Å². The van der Waals surface area contributed by atoms with E-state index in [1.807, 2.05) is 12.1 Å². The van der Waals surface area contributed by atoms with E-state index < -0.39 is 0 Å². The van der Waals surface area contributed by atoms with Crippen molar-refractivity contribution in [2.75, 3.05) is 19.7 Å². The van der Waals surface area contributed by atoms with Gasteiger partial charge in [-0.3, -0.25) is 5.10 Å². The Kier molecular flexibility index (Phi) is 5.08. The molecule has 2 aromatic rings. The molecule has 120 valence electrons. The molecular formula is C17H26N4O. The maximum absolute atomic E-state index is 5.64. The van der Waals surface area contributed by atoms with Gasteiger partial charge in [0.05, 0.1) is 18.2 Å². The lowest BCUT2D eigenvalue weighted by Gasteiger charge is -2.16. The highest BCUT2D eigenvalue weighted by atomic mass is 16.5. The van der Waals surface area contributed by atoms with Crippen LogP contribution in [0.3, 0.4) is 0 Å². The van der Waals surface area contributed by atoms with Crippen LogP contribution in [-0.2, 0) is 11.2 Å². The first-order valence-electron chi connectivity index (χ1n) is 8.23. The Morgan fingerprint density at radius 1 is 1.45 bits per heavy atom. The summed E-state index contributed by atoms with van der Waals surface area (Å²) in [7, 11) is 0. The standard InChI is InChI=1S/C17H26N4O/c1-12(19-10-13-8-14(9-18)22-11-13)6-7-17-15-4-2-3-5-16(15)20-21-17/h2-5,12-14,19H,6-11,18H2,1H3,(H,20,21). The van der Waals surface area contributed by atoms with Crippen molar-refractivity contribution in [2.24, 2.45) is 11.7 Å². The number of fused-ring (bicyclic) bond motifs is 1. The molecule has 1 aromatic carbocycles. The number of para-hydroxylation sites is 1. The van der Waals surface area contributed by atoms with Crippen LogP contribution in [0.1, 0.15) is 25.5 Å². The SMILES string of the molecule is CC(CCc1[nH]nc2ccccc12)NCC1COC(CN)C1. The molecule has 1 fully saturated rings. The van der Waals surface area contributed by atoms with Gasteiger partial charge in [-0.25, -0.2) is 0 Å². The minimum Gasteiger partial charge on any atom is -0.377 e. The van der Waals surface area contributed by atoms with Gasteiger partial charge in [-0.05, 0) is 38.2 Å². The molecule has 5 heteroatoms. The zero-order valence-electron chi connectivity index (χ0n) is 13.2. The lowest BCUT2D eigenvalue weighted by atomic mass is 10.0. The number of hydrogen-bond acceptors (Lipinski definition) is 4. The third kappa shape index (κ3) is 3.66. The topological polar surface area (TPSA) is 76.0 Å². The molecule has 0 bridgehead atoms. The summed E-state index contributed by atoms with van der Waals surface area (Å²) in [6, 6.07) is 8.76. The van der Waals surface area contributed by atoms with Crippen LogP contribution < -0.4 is 11.1 Å². The Morgan fingerprint density at radius 2 is 2.32 bits per heavy atom. The van der Waals surface area contributed by atoms with E-state index in [-0.39, 0.29) is 6.10 Å². The molecule has 5 nitrogen and oxygen atoms in total. The second-order valence-electron chi connectivity index (χ2n) is 6.36. The van der Waals surface area contributed by atoms with Crippen LogP contribution in [0.4, 0.5) is 0 Å². The largest absolute Gasteiger partial charge is 0.377 e. The number of H-pyrrole nitrogens is 1. The average molecular weight is 302 g/mol. The molecule has 4 N–H and O–H groups in total. The zero-order chi connectivity index (χ0) is 15.4. The molecule has 0 aliphatic carbocycles. The van der Waals surface area contributed by atoms with Crippen LogP contribution in [0.2, 0.25) is 0 Å². The van der Waals surface area contributed by atoms with Crippen LogP contribution in [0.15, 0.2) is 24.3 Å². The van der Waals surface area contributed by atoms with Crippen molar-refractivity contribution in [1.29, 1.82) is 0 Å². The van der Waals surface area contributed by atoms with Crippen LogP contribution >= 0.6 is 0 Å². The van der Waals surface area contributed by atoms with Gasteiger partial charge < -0.3 is 15.8 Å². The highest BCUT2D eigenvalue weighted by Crippen LogP contribution is 2.19. The van der Waals surface area contributed by atoms with Gasteiger partial charge in [0.25, 0.3) is 0 Å². The second kappa shape index (κ2) is 7.22. The fourth-order valence-electron chi connectivity index (χ4n) is 3.12. The molecule has 1 aliphatic heterocycles. The molecule has 0 spiro atoms. The van der Waals surface area contributed by atoms with Crippen LogP contribution in [-0.4, -0.2) is 42.0 Å². The van der Waals surface area contributed by atoms with Crippen LogP contribution in [0, 0.1) is 5.92 Å². The number of nitrogens with two attached hydrogens (primary N) is 1. The van der Waals surface area contributed by atoms with E-state index in [0.29, 0.717) is 18.5 Å². The Hall–Kier alpha value is -1.43. The number of aryl methyl sites for hydroxylation is 1. The van der Waals surface area contributed by atoms with Crippen molar-refractivity contribution in [1.82, 2.24) is 15.5 Å².